The number of rotatable bonds is 5. The number of aryl methyl sites for hydroxylation is 2. The fourth-order valence-electron chi connectivity index (χ4n) is 3.54. The summed E-state index contributed by atoms with van der Waals surface area (Å²) >= 11 is 0. The minimum absolute atomic E-state index is 0.100. The van der Waals surface area contributed by atoms with Crippen molar-refractivity contribution in [2.24, 2.45) is 7.05 Å². The number of carbonyl (C=O) groups excluding carboxylic acids is 2. The van der Waals surface area contributed by atoms with E-state index in [2.05, 4.69) is 20.8 Å². The van der Waals surface area contributed by atoms with Crippen molar-refractivity contribution in [3.8, 4) is 0 Å². The molecule has 3 heterocycles. The van der Waals surface area contributed by atoms with Crippen molar-refractivity contribution in [3.05, 3.63) is 70.8 Å². The summed E-state index contributed by atoms with van der Waals surface area (Å²) in [4.78, 5) is 25.1. The number of nitrogens with zero attached hydrogens (tertiary/aromatic N) is 4. The minimum atomic E-state index is -0.156. The molecule has 0 saturated carbocycles. The first-order valence-electron chi connectivity index (χ1n) is 9.19. The van der Waals surface area contributed by atoms with E-state index in [1.54, 1.807) is 28.8 Å². The van der Waals surface area contributed by atoms with Crippen LogP contribution in [0.15, 0.2) is 42.7 Å². The number of nitrogens with one attached hydrogen (secondary N) is 2. The molecule has 1 aromatic carbocycles. The lowest BCUT2D eigenvalue weighted by atomic mass is 10.1. The van der Waals surface area contributed by atoms with Gasteiger partial charge in [-0.2, -0.15) is 10.2 Å². The lowest BCUT2D eigenvalue weighted by Gasteiger charge is -2.11. The average molecular weight is 378 g/mol. The lowest BCUT2D eigenvalue weighted by molar-refractivity contribution is 0.0934. The number of benzene rings is 1. The van der Waals surface area contributed by atoms with Crippen LogP contribution in [0, 0.1) is 6.92 Å². The van der Waals surface area contributed by atoms with E-state index < -0.39 is 0 Å². The van der Waals surface area contributed by atoms with Crippen LogP contribution in [0.2, 0.25) is 0 Å². The van der Waals surface area contributed by atoms with Gasteiger partial charge in [0, 0.05) is 26.2 Å². The lowest BCUT2D eigenvalue weighted by Crippen LogP contribution is -2.36. The SMILES string of the molecule is Cc1nn(C)cc1C(=O)NC1Cc2c(C(=O)NCc3ccccc3)cnn2C1. The molecule has 3 aromatic rings. The van der Waals surface area contributed by atoms with Crippen LogP contribution in [0.3, 0.4) is 0 Å². The van der Waals surface area contributed by atoms with Gasteiger partial charge in [-0.15, -0.1) is 0 Å². The Balaban J connectivity index is 1.39. The fourth-order valence-corrected chi connectivity index (χ4v) is 3.54. The summed E-state index contributed by atoms with van der Waals surface area (Å²) in [6.45, 7) is 2.82. The van der Waals surface area contributed by atoms with Crippen molar-refractivity contribution < 1.29 is 9.59 Å². The molecular weight excluding hydrogens is 356 g/mol. The zero-order valence-electron chi connectivity index (χ0n) is 15.8. The van der Waals surface area contributed by atoms with Gasteiger partial charge in [0.15, 0.2) is 0 Å². The van der Waals surface area contributed by atoms with Gasteiger partial charge in [0.05, 0.1) is 41.3 Å². The van der Waals surface area contributed by atoms with Gasteiger partial charge in [-0.25, -0.2) is 0 Å². The maximum absolute atomic E-state index is 12.6. The summed E-state index contributed by atoms with van der Waals surface area (Å²) in [6.07, 6.45) is 3.87. The van der Waals surface area contributed by atoms with E-state index in [0.717, 1.165) is 11.3 Å². The Morgan fingerprint density at radius 2 is 1.96 bits per heavy atom. The number of fused-ring (bicyclic) bond motifs is 1. The van der Waals surface area contributed by atoms with Crippen LogP contribution in [0.25, 0.3) is 0 Å². The third-order valence-corrected chi connectivity index (χ3v) is 4.92. The smallest absolute Gasteiger partial charge is 0.255 e. The zero-order chi connectivity index (χ0) is 19.7. The standard InChI is InChI=1S/C20H22N6O2/c1-13-17(12-25(2)24-13)20(28)23-15-8-18-16(10-22-26(18)11-15)19(27)21-9-14-6-4-3-5-7-14/h3-7,10,12,15H,8-9,11H2,1-2H3,(H,21,27)(H,23,28). The van der Waals surface area contributed by atoms with Crippen LogP contribution in [0.4, 0.5) is 0 Å². The first-order chi connectivity index (χ1) is 13.5. The second-order valence-corrected chi connectivity index (χ2v) is 7.03. The molecular formula is C20H22N6O2. The third kappa shape index (κ3) is 3.53. The largest absolute Gasteiger partial charge is 0.348 e. The second kappa shape index (κ2) is 7.30. The van der Waals surface area contributed by atoms with Crippen molar-refractivity contribution >= 4 is 11.8 Å². The Labute approximate surface area is 162 Å². The third-order valence-electron chi connectivity index (χ3n) is 4.92. The highest BCUT2D eigenvalue weighted by atomic mass is 16.2. The summed E-state index contributed by atoms with van der Waals surface area (Å²) in [5.74, 6) is -0.309. The molecule has 0 aliphatic carbocycles. The van der Waals surface area contributed by atoms with Gasteiger partial charge in [-0.05, 0) is 12.5 Å². The van der Waals surface area contributed by atoms with Crippen molar-refractivity contribution in [1.29, 1.82) is 0 Å². The molecule has 1 atom stereocenters. The average Bonchev–Trinajstić information content (AvgIpc) is 3.34. The quantitative estimate of drug-likeness (QED) is 0.698. The van der Waals surface area contributed by atoms with Crippen LogP contribution in [-0.4, -0.2) is 37.4 Å². The van der Waals surface area contributed by atoms with E-state index in [0.29, 0.717) is 36.3 Å². The van der Waals surface area contributed by atoms with Crippen LogP contribution in [-0.2, 0) is 26.6 Å². The zero-order valence-corrected chi connectivity index (χ0v) is 15.8. The van der Waals surface area contributed by atoms with Crippen LogP contribution in [0.1, 0.15) is 37.7 Å². The highest BCUT2D eigenvalue weighted by Gasteiger charge is 2.29. The first-order valence-corrected chi connectivity index (χ1v) is 9.19. The number of carbonyl (C=O) groups is 2. The highest BCUT2D eigenvalue weighted by molar-refractivity contribution is 5.96. The molecule has 8 nitrogen and oxygen atoms in total. The first kappa shape index (κ1) is 18.0. The van der Waals surface area contributed by atoms with Gasteiger partial charge in [0.25, 0.3) is 11.8 Å². The molecule has 0 saturated heterocycles. The fraction of sp³-hybridized carbons (Fsp3) is 0.300. The minimum Gasteiger partial charge on any atom is -0.348 e. The molecule has 0 bridgehead atoms. The number of hydrogen-bond acceptors (Lipinski definition) is 4. The Hall–Kier alpha value is -3.42. The molecule has 1 aliphatic rings. The van der Waals surface area contributed by atoms with Crippen molar-refractivity contribution in [3.63, 3.8) is 0 Å². The predicted molar refractivity (Wildman–Crippen MR) is 103 cm³/mol. The molecule has 2 aromatic heterocycles. The summed E-state index contributed by atoms with van der Waals surface area (Å²) in [5, 5.41) is 14.5. The van der Waals surface area contributed by atoms with E-state index in [9.17, 15) is 9.59 Å². The molecule has 144 valence electrons. The molecule has 1 aliphatic heterocycles. The summed E-state index contributed by atoms with van der Waals surface area (Å²) < 4.78 is 3.41. The number of aromatic nitrogens is 4. The Morgan fingerprint density at radius 3 is 2.68 bits per heavy atom. The van der Waals surface area contributed by atoms with E-state index in [1.165, 1.54) is 0 Å². The van der Waals surface area contributed by atoms with E-state index in [4.69, 9.17) is 0 Å². The molecule has 1 unspecified atom stereocenters. The summed E-state index contributed by atoms with van der Waals surface area (Å²) in [7, 11) is 1.79. The molecule has 0 radical (unpaired) electrons. The van der Waals surface area contributed by atoms with Gasteiger partial charge in [-0.1, -0.05) is 30.3 Å². The number of amides is 2. The Bertz CT molecular complexity index is 1020. The maximum atomic E-state index is 12.6. The molecule has 2 N–H and O–H groups in total. The van der Waals surface area contributed by atoms with Gasteiger partial charge in [0.1, 0.15) is 0 Å². The normalized spacial score (nSPS) is 15.3. The van der Waals surface area contributed by atoms with Crippen LogP contribution < -0.4 is 10.6 Å². The molecule has 0 spiro atoms. The Morgan fingerprint density at radius 1 is 1.18 bits per heavy atom. The van der Waals surface area contributed by atoms with Gasteiger partial charge < -0.3 is 10.6 Å². The highest BCUT2D eigenvalue weighted by Crippen LogP contribution is 2.19. The predicted octanol–water partition coefficient (Wildman–Crippen LogP) is 1.21. The van der Waals surface area contributed by atoms with Crippen molar-refractivity contribution in [2.75, 3.05) is 0 Å². The van der Waals surface area contributed by atoms with Crippen molar-refractivity contribution in [1.82, 2.24) is 30.2 Å². The van der Waals surface area contributed by atoms with Crippen molar-refractivity contribution in [2.45, 2.75) is 32.5 Å². The molecule has 2 amide bonds. The molecule has 28 heavy (non-hydrogen) atoms. The van der Waals surface area contributed by atoms with Gasteiger partial charge in [-0.3, -0.25) is 19.0 Å². The molecule has 0 fully saturated rings. The Kier molecular flexibility index (Phi) is 4.68. The van der Waals surface area contributed by atoms with E-state index in [-0.39, 0.29) is 17.9 Å². The number of hydrogen-bond donors (Lipinski definition) is 2. The second-order valence-electron chi connectivity index (χ2n) is 7.03. The van der Waals surface area contributed by atoms with Crippen LogP contribution in [0.5, 0.6) is 0 Å². The monoisotopic (exact) mass is 378 g/mol. The van der Waals surface area contributed by atoms with E-state index >= 15 is 0 Å². The summed E-state index contributed by atoms with van der Waals surface area (Å²) in [5.41, 5.74) is 3.70. The van der Waals surface area contributed by atoms with Gasteiger partial charge >= 0.3 is 0 Å². The topological polar surface area (TPSA) is 93.8 Å². The maximum Gasteiger partial charge on any atom is 0.255 e. The van der Waals surface area contributed by atoms with Gasteiger partial charge in [0.2, 0.25) is 0 Å². The van der Waals surface area contributed by atoms with Crippen LogP contribution >= 0.6 is 0 Å². The van der Waals surface area contributed by atoms with E-state index in [1.807, 2.05) is 37.3 Å². The summed E-state index contributed by atoms with van der Waals surface area (Å²) in [6, 6.07) is 9.66. The molecule has 8 heteroatoms. The molecule has 4 rings (SSSR count).